The summed E-state index contributed by atoms with van der Waals surface area (Å²) < 4.78 is 13.3. The molecule has 0 bridgehead atoms. The lowest BCUT2D eigenvalue weighted by molar-refractivity contribution is 0.182. The highest BCUT2D eigenvalue weighted by Crippen LogP contribution is 2.27. The Morgan fingerprint density at radius 3 is 2.67 bits per heavy atom. The Morgan fingerprint density at radius 1 is 1.33 bits per heavy atom. The van der Waals surface area contributed by atoms with Gasteiger partial charge in [0.25, 0.3) is 0 Å². The molecule has 0 fully saturated rings. The number of halogens is 1. The van der Waals surface area contributed by atoms with E-state index in [2.05, 4.69) is 21.0 Å². The predicted molar refractivity (Wildman–Crippen MR) is 85.4 cm³/mol. The van der Waals surface area contributed by atoms with Crippen LogP contribution in [0.4, 0.5) is 0 Å². The Kier molecular flexibility index (Phi) is 5.78. The minimum Gasteiger partial charge on any atom is -0.494 e. The van der Waals surface area contributed by atoms with Gasteiger partial charge in [0, 0.05) is 7.11 Å². The van der Waals surface area contributed by atoms with Crippen LogP contribution in [-0.2, 0) is 11.3 Å². The number of nitrogens with zero attached hydrogens (tertiary/aromatic N) is 2. The van der Waals surface area contributed by atoms with Gasteiger partial charge in [0.1, 0.15) is 5.75 Å². The van der Waals surface area contributed by atoms with Crippen molar-refractivity contribution in [2.45, 2.75) is 19.5 Å². The highest BCUT2D eigenvalue weighted by Gasteiger charge is 2.18. The zero-order chi connectivity index (χ0) is 15.2. The van der Waals surface area contributed by atoms with Crippen molar-refractivity contribution in [3.05, 3.63) is 46.2 Å². The molecule has 0 saturated carbocycles. The van der Waals surface area contributed by atoms with Crippen LogP contribution in [0.15, 0.2) is 34.9 Å². The zero-order valence-corrected chi connectivity index (χ0v) is 13.8. The first-order chi connectivity index (χ1) is 10.2. The molecule has 1 aromatic heterocycles. The molecule has 0 spiro atoms. The SMILES string of the molecule is CCOc1ccc(C(N)c2c(Br)cnn2CCOC)cc1. The number of hydrogen-bond donors (Lipinski definition) is 1. The van der Waals surface area contributed by atoms with E-state index in [0.717, 1.165) is 21.5 Å². The van der Waals surface area contributed by atoms with Gasteiger partial charge < -0.3 is 15.2 Å². The van der Waals surface area contributed by atoms with Crippen LogP contribution < -0.4 is 10.5 Å². The average molecular weight is 354 g/mol. The normalized spacial score (nSPS) is 12.4. The van der Waals surface area contributed by atoms with E-state index in [1.54, 1.807) is 13.3 Å². The van der Waals surface area contributed by atoms with Gasteiger partial charge >= 0.3 is 0 Å². The van der Waals surface area contributed by atoms with Crippen molar-refractivity contribution in [3.8, 4) is 5.75 Å². The Hall–Kier alpha value is -1.37. The summed E-state index contributed by atoms with van der Waals surface area (Å²) in [5.41, 5.74) is 8.34. The van der Waals surface area contributed by atoms with E-state index in [0.29, 0.717) is 19.8 Å². The van der Waals surface area contributed by atoms with Crippen LogP contribution in [-0.4, -0.2) is 30.1 Å². The summed E-state index contributed by atoms with van der Waals surface area (Å²) in [6.07, 6.45) is 1.76. The summed E-state index contributed by atoms with van der Waals surface area (Å²) in [7, 11) is 1.67. The second kappa shape index (κ2) is 7.59. The molecule has 0 saturated heterocycles. The number of aromatic nitrogens is 2. The quantitative estimate of drug-likeness (QED) is 0.831. The Morgan fingerprint density at radius 2 is 2.05 bits per heavy atom. The lowest BCUT2D eigenvalue weighted by Crippen LogP contribution is -2.19. The molecule has 5 nitrogen and oxygen atoms in total. The van der Waals surface area contributed by atoms with Gasteiger partial charge in [-0.2, -0.15) is 5.10 Å². The van der Waals surface area contributed by atoms with Crippen LogP contribution in [0.3, 0.4) is 0 Å². The molecule has 0 aliphatic heterocycles. The van der Waals surface area contributed by atoms with Gasteiger partial charge in [-0.3, -0.25) is 4.68 Å². The number of methoxy groups -OCH3 is 1. The standard InChI is InChI=1S/C15H20BrN3O2/c1-3-21-12-6-4-11(5-7-12)14(17)15-13(16)10-18-19(15)8-9-20-2/h4-7,10,14H,3,8-9,17H2,1-2H3. The highest BCUT2D eigenvalue weighted by molar-refractivity contribution is 9.10. The van der Waals surface area contributed by atoms with Crippen LogP contribution in [0, 0.1) is 0 Å². The molecule has 21 heavy (non-hydrogen) atoms. The highest BCUT2D eigenvalue weighted by atomic mass is 79.9. The number of benzene rings is 1. The summed E-state index contributed by atoms with van der Waals surface area (Å²) in [6, 6.07) is 7.57. The van der Waals surface area contributed by atoms with Gasteiger partial charge in [-0.25, -0.2) is 0 Å². The van der Waals surface area contributed by atoms with Crippen molar-refractivity contribution in [3.63, 3.8) is 0 Å². The van der Waals surface area contributed by atoms with Crippen molar-refractivity contribution >= 4 is 15.9 Å². The van der Waals surface area contributed by atoms with Crippen molar-refractivity contribution in [1.29, 1.82) is 0 Å². The molecule has 1 heterocycles. The van der Waals surface area contributed by atoms with Gasteiger partial charge in [0.15, 0.2) is 0 Å². The maximum Gasteiger partial charge on any atom is 0.119 e. The molecule has 0 aliphatic rings. The molecule has 0 amide bonds. The predicted octanol–water partition coefficient (Wildman–Crippen LogP) is 2.74. The monoisotopic (exact) mass is 353 g/mol. The lowest BCUT2D eigenvalue weighted by Gasteiger charge is -2.16. The van der Waals surface area contributed by atoms with Gasteiger partial charge in [0.05, 0.1) is 42.2 Å². The van der Waals surface area contributed by atoms with Crippen LogP contribution in [0.25, 0.3) is 0 Å². The van der Waals surface area contributed by atoms with Crippen molar-refractivity contribution in [1.82, 2.24) is 9.78 Å². The molecular formula is C15H20BrN3O2. The second-order valence-corrected chi connectivity index (χ2v) is 5.43. The van der Waals surface area contributed by atoms with Crippen molar-refractivity contribution < 1.29 is 9.47 Å². The number of rotatable bonds is 7. The van der Waals surface area contributed by atoms with E-state index >= 15 is 0 Å². The topological polar surface area (TPSA) is 62.3 Å². The lowest BCUT2D eigenvalue weighted by atomic mass is 10.0. The fourth-order valence-electron chi connectivity index (χ4n) is 2.13. The number of ether oxygens (including phenoxy) is 2. The van der Waals surface area contributed by atoms with Gasteiger partial charge in [-0.05, 0) is 40.5 Å². The van der Waals surface area contributed by atoms with Crippen LogP contribution in [0.5, 0.6) is 5.75 Å². The Labute approximate surface area is 133 Å². The van der Waals surface area contributed by atoms with E-state index in [-0.39, 0.29) is 6.04 Å². The summed E-state index contributed by atoms with van der Waals surface area (Å²) in [5.74, 6) is 0.848. The van der Waals surface area contributed by atoms with E-state index in [1.807, 2.05) is 35.9 Å². The first-order valence-corrected chi connectivity index (χ1v) is 7.65. The summed E-state index contributed by atoms with van der Waals surface area (Å²) in [5, 5.41) is 4.33. The summed E-state index contributed by atoms with van der Waals surface area (Å²) in [4.78, 5) is 0. The van der Waals surface area contributed by atoms with E-state index in [4.69, 9.17) is 15.2 Å². The number of nitrogens with two attached hydrogens (primary N) is 1. The molecule has 1 aromatic carbocycles. The first kappa shape index (κ1) is 16.0. The Balaban J connectivity index is 2.22. The smallest absolute Gasteiger partial charge is 0.119 e. The fraction of sp³-hybridized carbons (Fsp3) is 0.400. The van der Waals surface area contributed by atoms with Crippen LogP contribution in [0.1, 0.15) is 24.2 Å². The molecule has 1 unspecified atom stereocenters. The van der Waals surface area contributed by atoms with E-state index in [1.165, 1.54) is 0 Å². The van der Waals surface area contributed by atoms with Gasteiger partial charge in [-0.15, -0.1) is 0 Å². The van der Waals surface area contributed by atoms with Crippen LogP contribution in [0.2, 0.25) is 0 Å². The molecule has 2 rings (SSSR count). The molecule has 0 radical (unpaired) electrons. The average Bonchev–Trinajstić information content (AvgIpc) is 2.86. The third-order valence-corrected chi connectivity index (χ3v) is 3.80. The fourth-order valence-corrected chi connectivity index (χ4v) is 2.68. The maximum absolute atomic E-state index is 6.39. The van der Waals surface area contributed by atoms with E-state index < -0.39 is 0 Å². The molecule has 0 aliphatic carbocycles. The van der Waals surface area contributed by atoms with Gasteiger partial charge in [0.2, 0.25) is 0 Å². The maximum atomic E-state index is 6.39. The minimum atomic E-state index is -0.255. The Bertz CT molecular complexity index is 569. The number of hydrogen-bond acceptors (Lipinski definition) is 4. The molecular weight excluding hydrogens is 334 g/mol. The minimum absolute atomic E-state index is 0.255. The summed E-state index contributed by atoms with van der Waals surface area (Å²) in [6.45, 7) is 3.88. The second-order valence-electron chi connectivity index (χ2n) is 4.57. The first-order valence-electron chi connectivity index (χ1n) is 6.85. The third kappa shape index (κ3) is 3.84. The molecule has 114 valence electrons. The third-order valence-electron chi connectivity index (χ3n) is 3.19. The zero-order valence-electron chi connectivity index (χ0n) is 12.3. The summed E-state index contributed by atoms with van der Waals surface area (Å²) >= 11 is 3.52. The molecule has 1 atom stereocenters. The van der Waals surface area contributed by atoms with Crippen LogP contribution >= 0.6 is 15.9 Å². The van der Waals surface area contributed by atoms with Crippen molar-refractivity contribution in [2.75, 3.05) is 20.3 Å². The molecule has 2 N–H and O–H groups in total. The molecule has 2 aromatic rings. The van der Waals surface area contributed by atoms with E-state index in [9.17, 15) is 0 Å². The van der Waals surface area contributed by atoms with Gasteiger partial charge in [-0.1, -0.05) is 12.1 Å². The molecule has 6 heteroatoms. The largest absolute Gasteiger partial charge is 0.494 e. The van der Waals surface area contributed by atoms with Crippen molar-refractivity contribution in [2.24, 2.45) is 5.73 Å².